The highest BCUT2D eigenvalue weighted by molar-refractivity contribution is 7.99. The number of nitrogens with one attached hydrogen (secondary N) is 2. The molecule has 0 saturated heterocycles. The first kappa shape index (κ1) is 28.6. The van der Waals surface area contributed by atoms with Gasteiger partial charge in [-0.05, 0) is 50.2 Å². The Hall–Kier alpha value is -1.40. The highest BCUT2D eigenvalue weighted by Crippen LogP contribution is 2.49. The summed E-state index contributed by atoms with van der Waals surface area (Å²) in [4.78, 5) is 7.52. The van der Waals surface area contributed by atoms with E-state index in [9.17, 15) is 0 Å². The molecule has 4 nitrogen and oxygen atoms in total. The number of fused-ring (bicyclic) bond motifs is 2. The van der Waals surface area contributed by atoms with Crippen LogP contribution in [0.5, 0.6) is 0 Å². The number of likely N-dealkylation sites (N-methyl/N-ethyl adjacent to an activating group) is 1. The zero-order chi connectivity index (χ0) is 21.7. The Balaban J connectivity index is 0.00000256. The van der Waals surface area contributed by atoms with Crippen molar-refractivity contribution in [2.24, 2.45) is 5.92 Å². The van der Waals surface area contributed by atoms with Gasteiger partial charge in [0.2, 0.25) is 0 Å². The summed E-state index contributed by atoms with van der Waals surface area (Å²) in [6.45, 7) is 15.2. The first-order chi connectivity index (χ1) is 14.5. The Bertz CT molecular complexity index is 873. The topological polar surface area (TPSA) is 42.4 Å². The summed E-state index contributed by atoms with van der Waals surface area (Å²) in [6, 6.07) is 15.5. The van der Waals surface area contributed by atoms with Crippen LogP contribution in [-0.2, 0) is 0 Å². The number of hydrogen-bond donors (Lipinski definition) is 2. The molecular weight excluding hydrogens is 459 g/mol. The molecule has 32 heavy (non-hydrogen) atoms. The van der Waals surface area contributed by atoms with Gasteiger partial charge >= 0.3 is 0 Å². The Labute approximate surface area is 210 Å². The predicted molar refractivity (Wildman–Crippen MR) is 145 cm³/mol. The highest BCUT2D eigenvalue weighted by Gasteiger charge is 2.28. The van der Waals surface area contributed by atoms with Crippen molar-refractivity contribution in [3.8, 4) is 0 Å². The number of nitrogens with zero attached hydrogens (tertiary/aromatic N) is 2. The third-order valence-corrected chi connectivity index (χ3v) is 7.16. The number of amidine groups is 1. The second-order valence-corrected chi connectivity index (χ2v) is 9.31. The van der Waals surface area contributed by atoms with E-state index in [-0.39, 0.29) is 24.8 Å². The zero-order valence-corrected chi connectivity index (χ0v) is 22.3. The van der Waals surface area contributed by atoms with Crippen molar-refractivity contribution in [2.45, 2.75) is 56.9 Å². The van der Waals surface area contributed by atoms with Gasteiger partial charge in [-0.15, -0.1) is 24.8 Å². The molecule has 178 valence electrons. The van der Waals surface area contributed by atoms with Gasteiger partial charge in [0.15, 0.2) is 0 Å². The van der Waals surface area contributed by atoms with Crippen LogP contribution in [0.25, 0.3) is 0 Å². The van der Waals surface area contributed by atoms with E-state index in [0.29, 0.717) is 17.8 Å². The van der Waals surface area contributed by atoms with Crippen LogP contribution in [0.1, 0.15) is 46.6 Å². The first-order valence-electron chi connectivity index (χ1n) is 11.2. The average Bonchev–Trinajstić information content (AvgIpc) is 2.78. The van der Waals surface area contributed by atoms with Crippen LogP contribution in [-0.4, -0.2) is 43.0 Å². The Morgan fingerprint density at radius 1 is 1.00 bits per heavy atom. The zero-order valence-electron chi connectivity index (χ0n) is 19.9. The highest BCUT2D eigenvalue weighted by atomic mass is 35.5. The van der Waals surface area contributed by atoms with Crippen LogP contribution in [0.15, 0.2) is 52.3 Å². The quantitative estimate of drug-likeness (QED) is 0.295. The summed E-state index contributed by atoms with van der Waals surface area (Å²) < 4.78 is 0. The molecule has 1 aliphatic heterocycles. The van der Waals surface area contributed by atoms with E-state index in [1.807, 2.05) is 11.8 Å². The van der Waals surface area contributed by atoms with Gasteiger partial charge in [-0.3, -0.25) is 5.41 Å². The van der Waals surface area contributed by atoms with E-state index in [1.165, 1.54) is 21.2 Å². The number of hydrogen-bond acceptors (Lipinski definition) is 4. The summed E-state index contributed by atoms with van der Waals surface area (Å²) in [5.74, 6) is 1.08. The molecule has 1 aliphatic rings. The number of benzene rings is 2. The SMILES string of the molecule is CCC(C)CNC(=N)c1ccc2c(c1)N(C(C)CN(CC)CC)c1ccccc1S2.Cl.Cl. The van der Waals surface area contributed by atoms with E-state index in [1.54, 1.807) is 0 Å². The molecule has 0 bridgehead atoms. The minimum atomic E-state index is 0. The molecule has 7 heteroatoms. The lowest BCUT2D eigenvalue weighted by molar-refractivity contribution is 0.288. The summed E-state index contributed by atoms with van der Waals surface area (Å²) in [5.41, 5.74) is 3.44. The van der Waals surface area contributed by atoms with E-state index < -0.39 is 0 Å². The van der Waals surface area contributed by atoms with Gasteiger partial charge in [0.1, 0.15) is 5.84 Å². The molecule has 3 rings (SSSR count). The van der Waals surface area contributed by atoms with Crippen LogP contribution in [0, 0.1) is 11.3 Å². The average molecular weight is 498 g/mol. The van der Waals surface area contributed by atoms with Crippen molar-refractivity contribution < 1.29 is 0 Å². The van der Waals surface area contributed by atoms with Crippen LogP contribution >= 0.6 is 36.6 Å². The first-order valence-corrected chi connectivity index (χ1v) is 12.0. The minimum absolute atomic E-state index is 0. The molecule has 1 heterocycles. The molecule has 2 atom stereocenters. The molecule has 0 fully saturated rings. The molecule has 0 spiro atoms. The maximum atomic E-state index is 8.56. The molecule has 2 N–H and O–H groups in total. The third-order valence-electron chi connectivity index (χ3n) is 6.03. The van der Waals surface area contributed by atoms with Gasteiger partial charge in [0.25, 0.3) is 0 Å². The lowest BCUT2D eigenvalue weighted by Gasteiger charge is -2.39. The van der Waals surface area contributed by atoms with Gasteiger partial charge in [0, 0.05) is 34.5 Å². The second kappa shape index (κ2) is 13.3. The summed E-state index contributed by atoms with van der Waals surface area (Å²) >= 11 is 1.83. The van der Waals surface area contributed by atoms with E-state index in [4.69, 9.17) is 5.41 Å². The lowest BCUT2D eigenvalue weighted by Crippen LogP contribution is -2.41. The summed E-state index contributed by atoms with van der Waals surface area (Å²) in [6.07, 6.45) is 1.12. The van der Waals surface area contributed by atoms with Gasteiger partial charge in [-0.1, -0.05) is 64.1 Å². The number of halogens is 2. The van der Waals surface area contributed by atoms with Gasteiger partial charge in [0.05, 0.1) is 11.4 Å². The Morgan fingerprint density at radius 2 is 1.66 bits per heavy atom. The van der Waals surface area contributed by atoms with E-state index >= 15 is 0 Å². The standard InChI is InChI=1S/C25H36N4S.2ClH/c1-6-18(4)16-27-25(26)20-13-14-24-22(15-20)29(19(5)17-28(7-2)8-3)21-11-9-10-12-23(21)30-24;;/h9-15,18-19H,6-8,16-17H2,1-5H3,(H2,26,27);2*1H. The molecule has 0 saturated carbocycles. The van der Waals surface area contributed by atoms with Crippen LogP contribution in [0.4, 0.5) is 11.4 Å². The number of anilines is 2. The van der Waals surface area contributed by atoms with Crippen LogP contribution in [0.2, 0.25) is 0 Å². The van der Waals surface area contributed by atoms with Crippen LogP contribution < -0.4 is 10.2 Å². The fourth-order valence-corrected chi connectivity index (χ4v) is 4.93. The van der Waals surface area contributed by atoms with Crippen molar-refractivity contribution in [3.63, 3.8) is 0 Å². The third kappa shape index (κ3) is 6.57. The molecule has 2 unspecified atom stereocenters. The molecule has 0 aromatic heterocycles. The maximum absolute atomic E-state index is 8.56. The van der Waals surface area contributed by atoms with Gasteiger partial charge < -0.3 is 15.1 Å². The Kier molecular flexibility index (Phi) is 11.9. The monoisotopic (exact) mass is 496 g/mol. The fraction of sp³-hybridized carbons (Fsp3) is 0.480. The summed E-state index contributed by atoms with van der Waals surface area (Å²) in [5, 5.41) is 11.9. The summed E-state index contributed by atoms with van der Waals surface area (Å²) in [7, 11) is 0. The van der Waals surface area contributed by atoms with Crippen LogP contribution in [0.3, 0.4) is 0 Å². The van der Waals surface area contributed by atoms with Crippen molar-refractivity contribution in [2.75, 3.05) is 31.1 Å². The largest absolute Gasteiger partial charge is 0.370 e. The predicted octanol–water partition coefficient (Wildman–Crippen LogP) is 6.82. The fourth-order valence-electron chi connectivity index (χ4n) is 3.87. The molecular formula is C25H38Cl2N4S. The smallest absolute Gasteiger partial charge is 0.125 e. The molecule has 0 radical (unpaired) electrons. The lowest BCUT2D eigenvalue weighted by atomic mass is 10.1. The van der Waals surface area contributed by atoms with E-state index in [0.717, 1.165) is 38.2 Å². The second-order valence-electron chi connectivity index (χ2n) is 8.23. The van der Waals surface area contributed by atoms with Crippen molar-refractivity contribution in [1.29, 1.82) is 5.41 Å². The molecule has 0 amide bonds. The molecule has 2 aromatic rings. The Morgan fingerprint density at radius 3 is 2.31 bits per heavy atom. The number of rotatable bonds is 9. The number of para-hydroxylation sites is 1. The van der Waals surface area contributed by atoms with Crippen molar-refractivity contribution in [3.05, 3.63) is 48.0 Å². The normalized spacial score (nSPS) is 13.9. The van der Waals surface area contributed by atoms with Crippen molar-refractivity contribution >= 4 is 53.8 Å². The van der Waals surface area contributed by atoms with Gasteiger partial charge in [-0.25, -0.2) is 0 Å². The van der Waals surface area contributed by atoms with Crippen molar-refractivity contribution in [1.82, 2.24) is 10.2 Å². The molecule has 0 aliphatic carbocycles. The van der Waals surface area contributed by atoms with Gasteiger partial charge in [-0.2, -0.15) is 0 Å². The van der Waals surface area contributed by atoms with E-state index in [2.05, 4.69) is 92.2 Å². The minimum Gasteiger partial charge on any atom is -0.370 e. The maximum Gasteiger partial charge on any atom is 0.125 e. The molecule has 2 aromatic carbocycles.